The summed E-state index contributed by atoms with van der Waals surface area (Å²) in [5.41, 5.74) is -0.686. The Hall–Kier alpha value is -1.81. The Morgan fingerprint density at radius 2 is 2.28 bits per heavy atom. The van der Waals surface area contributed by atoms with Crippen molar-refractivity contribution in [3.05, 3.63) is 18.4 Å². The minimum Gasteiger partial charge on any atom is -0.461 e. The lowest BCUT2D eigenvalue weighted by molar-refractivity contribution is -0.120. The van der Waals surface area contributed by atoms with E-state index in [0.717, 1.165) is 0 Å². The summed E-state index contributed by atoms with van der Waals surface area (Å²) >= 11 is 1.27. The highest BCUT2D eigenvalue weighted by atomic mass is 32.2. The van der Waals surface area contributed by atoms with E-state index >= 15 is 0 Å². The van der Waals surface area contributed by atoms with Crippen molar-refractivity contribution in [3.63, 3.8) is 0 Å². The van der Waals surface area contributed by atoms with Gasteiger partial charge < -0.3 is 9.73 Å². The Balaban J connectivity index is 1.63. The van der Waals surface area contributed by atoms with Crippen molar-refractivity contribution in [2.45, 2.75) is 37.5 Å². The molecule has 1 saturated heterocycles. The van der Waals surface area contributed by atoms with Gasteiger partial charge in [0.15, 0.2) is 26.6 Å². The first-order valence-electron chi connectivity index (χ1n) is 7.93. The molecule has 1 aliphatic rings. The van der Waals surface area contributed by atoms with E-state index in [4.69, 9.17) is 4.42 Å². The number of nitrogens with zero attached hydrogens (tertiary/aromatic N) is 3. The van der Waals surface area contributed by atoms with Gasteiger partial charge in [-0.05, 0) is 32.4 Å². The van der Waals surface area contributed by atoms with Gasteiger partial charge in [0.2, 0.25) is 5.91 Å². The Morgan fingerprint density at radius 1 is 1.48 bits per heavy atom. The van der Waals surface area contributed by atoms with Crippen molar-refractivity contribution in [3.8, 4) is 11.6 Å². The van der Waals surface area contributed by atoms with Gasteiger partial charge in [-0.25, -0.2) is 8.42 Å². The normalized spacial score (nSPS) is 22.2. The number of hydrogen-bond acceptors (Lipinski definition) is 7. The minimum atomic E-state index is -3.06. The number of carbonyl (C=O) groups is 1. The summed E-state index contributed by atoms with van der Waals surface area (Å²) in [6.07, 6.45) is 2.01. The molecule has 0 saturated carbocycles. The highest BCUT2D eigenvalue weighted by molar-refractivity contribution is 7.99. The van der Waals surface area contributed by atoms with Crippen LogP contribution in [0.3, 0.4) is 0 Å². The maximum atomic E-state index is 12.2. The molecule has 1 atom stereocenters. The van der Waals surface area contributed by atoms with Gasteiger partial charge in [0.05, 0.1) is 29.1 Å². The van der Waals surface area contributed by atoms with Crippen molar-refractivity contribution >= 4 is 27.5 Å². The molecule has 0 aromatic carbocycles. The van der Waals surface area contributed by atoms with Crippen molar-refractivity contribution < 1.29 is 17.6 Å². The number of aromatic nitrogens is 3. The first-order valence-corrected chi connectivity index (χ1v) is 10.7. The summed E-state index contributed by atoms with van der Waals surface area (Å²) in [7, 11) is -3.06. The number of hydrogen-bond donors (Lipinski definition) is 1. The molecule has 8 nitrogen and oxygen atoms in total. The molecule has 1 aliphatic heterocycles. The molecule has 25 heavy (non-hydrogen) atoms. The van der Waals surface area contributed by atoms with Crippen molar-refractivity contribution in [2.75, 3.05) is 17.3 Å². The van der Waals surface area contributed by atoms with E-state index in [1.54, 1.807) is 25.3 Å². The van der Waals surface area contributed by atoms with Crippen LogP contribution >= 0.6 is 11.8 Å². The molecule has 1 amide bonds. The van der Waals surface area contributed by atoms with Crippen LogP contribution in [-0.4, -0.2) is 51.9 Å². The van der Waals surface area contributed by atoms with E-state index in [9.17, 15) is 13.2 Å². The maximum Gasteiger partial charge on any atom is 0.230 e. The third kappa shape index (κ3) is 4.06. The zero-order valence-electron chi connectivity index (χ0n) is 14.1. The fourth-order valence-electron chi connectivity index (χ4n) is 2.88. The SMILES string of the molecule is CCn1c(SCC(=O)N[C@@]2(C)CCS(=O)(=O)C2)nnc1-c1ccco1. The Bertz CT molecular complexity index is 860. The molecule has 1 N–H and O–H groups in total. The number of carbonyl (C=O) groups excluding carboxylic acids is 1. The summed E-state index contributed by atoms with van der Waals surface area (Å²) in [6.45, 7) is 4.37. The molecule has 2 aromatic rings. The van der Waals surface area contributed by atoms with E-state index in [2.05, 4.69) is 15.5 Å². The predicted molar refractivity (Wildman–Crippen MR) is 93.9 cm³/mol. The van der Waals surface area contributed by atoms with E-state index in [-0.39, 0.29) is 23.2 Å². The second kappa shape index (κ2) is 6.83. The van der Waals surface area contributed by atoms with Crippen LogP contribution in [-0.2, 0) is 21.2 Å². The lowest BCUT2D eigenvalue weighted by Gasteiger charge is -2.23. The molecule has 0 spiro atoms. The largest absolute Gasteiger partial charge is 0.461 e. The average molecular weight is 384 g/mol. The van der Waals surface area contributed by atoms with Gasteiger partial charge in [-0.1, -0.05) is 11.8 Å². The van der Waals surface area contributed by atoms with E-state index in [1.807, 2.05) is 11.5 Å². The second-order valence-electron chi connectivity index (χ2n) is 6.27. The third-order valence-electron chi connectivity index (χ3n) is 4.05. The van der Waals surface area contributed by atoms with Crippen molar-refractivity contribution in [1.29, 1.82) is 0 Å². The van der Waals surface area contributed by atoms with Crippen LogP contribution in [0.4, 0.5) is 0 Å². The summed E-state index contributed by atoms with van der Waals surface area (Å²) in [5.74, 6) is 1.28. The zero-order chi connectivity index (χ0) is 18.1. The number of amides is 1. The van der Waals surface area contributed by atoms with Gasteiger partial charge in [-0.15, -0.1) is 10.2 Å². The summed E-state index contributed by atoms with van der Waals surface area (Å²) in [6, 6.07) is 3.58. The van der Waals surface area contributed by atoms with Crippen LogP contribution < -0.4 is 5.32 Å². The van der Waals surface area contributed by atoms with Crippen LogP contribution in [0.5, 0.6) is 0 Å². The summed E-state index contributed by atoms with van der Waals surface area (Å²) in [5, 5.41) is 11.7. The lowest BCUT2D eigenvalue weighted by atomic mass is 10.0. The predicted octanol–water partition coefficient (Wildman–Crippen LogP) is 1.34. The van der Waals surface area contributed by atoms with Crippen LogP contribution in [0.1, 0.15) is 20.3 Å². The zero-order valence-corrected chi connectivity index (χ0v) is 15.7. The van der Waals surface area contributed by atoms with Gasteiger partial charge in [0.1, 0.15) is 0 Å². The Kier molecular flexibility index (Phi) is 4.92. The van der Waals surface area contributed by atoms with Gasteiger partial charge in [-0.2, -0.15) is 0 Å². The van der Waals surface area contributed by atoms with Gasteiger partial charge in [-0.3, -0.25) is 9.36 Å². The van der Waals surface area contributed by atoms with Gasteiger partial charge in [0, 0.05) is 6.54 Å². The standard InChI is InChI=1S/C15H20N4O4S2/c1-3-19-13(11-5-4-7-23-11)17-18-14(19)24-9-12(20)16-15(2)6-8-25(21,22)10-15/h4-5,7H,3,6,8-10H2,1-2H3,(H,16,20)/t15-/m0/s1. The maximum absolute atomic E-state index is 12.2. The molecule has 0 unspecified atom stereocenters. The molecule has 0 radical (unpaired) electrons. The molecule has 0 bridgehead atoms. The Labute approximate surface area is 150 Å². The van der Waals surface area contributed by atoms with E-state index in [1.165, 1.54) is 11.8 Å². The molecular weight excluding hydrogens is 364 g/mol. The topological polar surface area (TPSA) is 107 Å². The number of thioether (sulfide) groups is 1. The summed E-state index contributed by atoms with van der Waals surface area (Å²) < 4.78 is 30.5. The van der Waals surface area contributed by atoms with E-state index in [0.29, 0.717) is 29.7 Å². The highest BCUT2D eigenvalue weighted by Gasteiger charge is 2.39. The van der Waals surface area contributed by atoms with E-state index < -0.39 is 15.4 Å². The number of rotatable bonds is 6. The number of sulfone groups is 1. The van der Waals surface area contributed by atoms with Gasteiger partial charge in [0.25, 0.3) is 0 Å². The molecular formula is C15H20N4O4S2. The van der Waals surface area contributed by atoms with Crippen molar-refractivity contribution in [1.82, 2.24) is 20.1 Å². The fourth-order valence-corrected chi connectivity index (χ4v) is 5.78. The smallest absolute Gasteiger partial charge is 0.230 e. The van der Waals surface area contributed by atoms with Crippen LogP contribution in [0.2, 0.25) is 0 Å². The lowest BCUT2D eigenvalue weighted by Crippen LogP contribution is -2.47. The first kappa shape index (κ1) is 18.0. The number of nitrogens with one attached hydrogen (secondary N) is 1. The molecule has 2 aromatic heterocycles. The van der Waals surface area contributed by atoms with Crippen LogP contribution in [0.25, 0.3) is 11.6 Å². The molecule has 1 fully saturated rings. The first-order chi connectivity index (χ1) is 11.8. The van der Waals surface area contributed by atoms with Crippen molar-refractivity contribution in [2.24, 2.45) is 0 Å². The highest BCUT2D eigenvalue weighted by Crippen LogP contribution is 2.25. The summed E-state index contributed by atoms with van der Waals surface area (Å²) in [4.78, 5) is 12.2. The Morgan fingerprint density at radius 3 is 2.88 bits per heavy atom. The van der Waals surface area contributed by atoms with Crippen LogP contribution in [0, 0.1) is 0 Å². The average Bonchev–Trinajstić information content (AvgIpc) is 3.23. The third-order valence-corrected chi connectivity index (χ3v) is 6.92. The molecule has 3 rings (SSSR count). The quantitative estimate of drug-likeness (QED) is 0.749. The molecule has 10 heteroatoms. The minimum absolute atomic E-state index is 0.00973. The van der Waals surface area contributed by atoms with Gasteiger partial charge >= 0.3 is 0 Å². The second-order valence-corrected chi connectivity index (χ2v) is 9.39. The molecule has 0 aliphatic carbocycles. The number of furan rings is 1. The monoisotopic (exact) mass is 384 g/mol. The molecule has 3 heterocycles. The fraction of sp³-hybridized carbons (Fsp3) is 0.533. The molecule has 136 valence electrons. The van der Waals surface area contributed by atoms with Crippen LogP contribution in [0.15, 0.2) is 28.0 Å².